The quantitative estimate of drug-likeness (QED) is 0.736. The zero-order chi connectivity index (χ0) is 18.1. The summed E-state index contributed by atoms with van der Waals surface area (Å²) < 4.78 is 1.08. The van der Waals surface area contributed by atoms with Crippen LogP contribution in [0.2, 0.25) is 0 Å². The summed E-state index contributed by atoms with van der Waals surface area (Å²) in [5.41, 5.74) is 2.09. The average molecular weight is 386 g/mol. The summed E-state index contributed by atoms with van der Waals surface area (Å²) >= 11 is 2.96. The highest BCUT2D eigenvalue weighted by Gasteiger charge is 2.28. The highest BCUT2D eigenvalue weighted by Crippen LogP contribution is 2.28. The third kappa shape index (κ3) is 3.50. The average Bonchev–Trinajstić information content (AvgIpc) is 3.30. The van der Waals surface area contributed by atoms with Crippen LogP contribution in [0.15, 0.2) is 35.7 Å². The fourth-order valence-electron chi connectivity index (χ4n) is 3.19. The molecule has 2 amide bonds. The number of likely N-dealkylation sites (tertiary alicyclic amines) is 1. The van der Waals surface area contributed by atoms with Crippen molar-refractivity contribution in [3.05, 3.63) is 46.2 Å². The fraction of sp³-hybridized carbons (Fsp3) is 0.316. The number of hydrogen-bond donors (Lipinski definition) is 1. The van der Waals surface area contributed by atoms with Gasteiger partial charge in [0.1, 0.15) is 0 Å². The van der Waals surface area contributed by atoms with E-state index in [0.717, 1.165) is 15.1 Å². The van der Waals surface area contributed by atoms with Gasteiger partial charge in [0.05, 0.1) is 15.1 Å². The lowest BCUT2D eigenvalue weighted by Crippen LogP contribution is -2.41. The Balaban J connectivity index is 1.36. The van der Waals surface area contributed by atoms with E-state index >= 15 is 0 Å². The normalized spacial score (nSPS) is 15.3. The molecule has 3 heterocycles. The third-order valence-electron chi connectivity index (χ3n) is 4.66. The van der Waals surface area contributed by atoms with Gasteiger partial charge >= 0.3 is 0 Å². The van der Waals surface area contributed by atoms with Gasteiger partial charge in [0.25, 0.3) is 5.91 Å². The molecule has 0 saturated carbocycles. The van der Waals surface area contributed by atoms with Gasteiger partial charge in [0.2, 0.25) is 5.91 Å². The van der Waals surface area contributed by atoms with Crippen LogP contribution in [0.3, 0.4) is 0 Å². The molecule has 0 bridgehead atoms. The van der Waals surface area contributed by atoms with Crippen molar-refractivity contribution in [1.82, 2.24) is 9.88 Å². The predicted molar refractivity (Wildman–Crippen MR) is 106 cm³/mol. The topological polar surface area (TPSA) is 62.3 Å². The molecule has 3 aromatic rings. The lowest BCUT2D eigenvalue weighted by molar-refractivity contribution is -0.121. The van der Waals surface area contributed by atoms with Crippen LogP contribution in [-0.4, -0.2) is 34.8 Å². The summed E-state index contributed by atoms with van der Waals surface area (Å²) in [6.07, 6.45) is 1.37. The van der Waals surface area contributed by atoms with E-state index in [0.29, 0.717) is 31.1 Å². The Bertz CT molecular complexity index is 941. The van der Waals surface area contributed by atoms with Crippen molar-refractivity contribution >= 4 is 49.8 Å². The second-order valence-electron chi connectivity index (χ2n) is 6.52. The first-order valence-electron chi connectivity index (χ1n) is 8.61. The third-order valence-corrected chi connectivity index (χ3v) is 6.45. The van der Waals surface area contributed by atoms with Crippen molar-refractivity contribution < 1.29 is 9.59 Å². The van der Waals surface area contributed by atoms with Crippen molar-refractivity contribution in [2.75, 3.05) is 18.4 Å². The minimum atomic E-state index is -0.0730. The Labute approximate surface area is 159 Å². The Morgan fingerprint density at radius 2 is 2.04 bits per heavy atom. The number of anilines is 1. The van der Waals surface area contributed by atoms with E-state index in [2.05, 4.69) is 16.4 Å². The number of thiazole rings is 1. The second-order valence-corrected chi connectivity index (χ2v) is 8.50. The molecule has 5 nitrogen and oxygen atoms in total. The molecule has 0 spiro atoms. The minimum Gasteiger partial charge on any atom is -0.338 e. The Morgan fingerprint density at radius 3 is 2.77 bits per heavy atom. The second kappa shape index (κ2) is 7.17. The van der Waals surface area contributed by atoms with Gasteiger partial charge in [-0.2, -0.15) is 0 Å². The van der Waals surface area contributed by atoms with E-state index in [9.17, 15) is 9.59 Å². The Kier molecular flexibility index (Phi) is 4.74. The largest absolute Gasteiger partial charge is 0.338 e. The molecule has 4 rings (SSSR count). The van der Waals surface area contributed by atoms with Crippen LogP contribution in [0.5, 0.6) is 0 Å². The predicted octanol–water partition coefficient (Wildman–Crippen LogP) is 4.16. The molecule has 1 aromatic carbocycles. The molecule has 1 fully saturated rings. The minimum absolute atomic E-state index is 0.00370. The summed E-state index contributed by atoms with van der Waals surface area (Å²) in [5, 5.41) is 5.51. The SMILES string of the molecule is Cc1ccc2nc(NC(=O)C3CCN(C(=O)c4cccs4)CC3)sc2c1. The molecular formula is C19H19N3O2S2. The molecule has 1 N–H and O–H groups in total. The van der Waals surface area contributed by atoms with Crippen LogP contribution in [0.4, 0.5) is 5.13 Å². The van der Waals surface area contributed by atoms with Gasteiger partial charge in [0.15, 0.2) is 5.13 Å². The van der Waals surface area contributed by atoms with Crippen molar-refractivity contribution in [1.29, 1.82) is 0 Å². The zero-order valence-corrected chi connectivity index (χ0v) is 16.0. The van der Waals surface area contributed by atoms with Crippen molar-refractivity contribution in [2.45, 2.75) is 19.8 Å². The zero-order valence-electron chi connectivity index (χ0n) is 14.4. The highest BCUT2D eigenvalue weighted by molar-refractivity contribution is 7.22. The number of aryl methyl sites for hydroxylation is 1. The number of aromatic nitrogens is 1. The molecule has 2 aromatic heterocycles. The van der Waals surface area contributed by atoms with Crippen LogP contribution in [0, 0.1) is 12.8 Å². The molecule has 0 atom stereocenters. The number of benzene rings is 1. The van der Waals surface area contributed by atoms with E-state index < -0.39 is 0 Å². The van der Waals surface area contributed by atoms with Gasteiger partial charge in [0, 0.05) is 19.0 Å². The molecule has 0 unspecified atom stereocenters. The van der Waals surface area contributed by atoms with Crippen molar-refractivity contribution in [3.8, 4) is 0 Å². The highest BCUT2D eigenvalue weighted by atomic mass is 32.1. The maximum atomic E-state index is 12.6. The number of nitrogens with zero attached hydrogens (tertiary/aromatic N) is 2. The summed E-state index contributed by atoms with van der Waals surface area (Å²) in [6, 6.07) is 9.81. The first-order chi connectivity index (χ1) is 12.6. The van der Waals surface area contributed by atoms with Crippen LogP contribution in [-0.2, 0) is 4.79 Å². The Hall–Kier alpha value is -2.25. The molecule has 1 saturated heterocycles. The molecule has 1 aliphatic rings. The smallest absolute Gasteiger partial charge is 0.263 e. The van der Waals surface area contributed by atoms with E-state index in [1.54, 1.807) is 0 Å². The summed E-state index contributed by atoms with van der Waals surface area (Å²) in [5.74, 6) is 0.000496. The molecular weight excluding hydrogens is 366 g/mol. The Morgan fingerprint density at radius 1 is 1.23 bits per heavy atom. The summed E-state index contributed by atoms with van der Waals surface area (Å²) in [4.78, 5) is 32.0. The standard InChI is InChI=1S/C19H19N3O2S2/c1-12-4-5-14-16(11-12)26-19(20-14)21-17(23)13-6-8-22(9-7-13)18(24)15-3-2-10-25-15/h2-5,10-11,13H,6-9H2,1H3,(H,20,21,23). The van der Waals surface area contributed by atoms with Gasteiger partial charge in [-0.15, -0.1) is 11.3 Å². The van der Waals surface area contributed by atoms with Crippen molar-refractivity contribution in [3.63, 3.8) is 0 Å². The summed E-state index contributed by atoms with van der Waals surface area (Å²) in [7, 11) is 0. The first-order valence-corrected chi connectivity index (χ1v) is 10.3. The number of thiophene rings is 1. The number of piperidine rings is 1. The number of nitrogens with one attached hydrogen (secondary N) is 1. The van der Waals surface area contributed by atoms with E-state index in [-0.39, 0.29) is 17.7 Å². The fourth-order valence-corrected chi connectivity index (χ4v) is 4.85. The number of fused-ring (bicyclic) bond motifs is 1. The molecule has 1 aliphatic heterocycles. The van der Waals surface area contributed by atoms with Gasteiger partial charge in [-0.05, 0) is 48.9 Å². The maximum absolute atomic E-state index is 12.6. The molecule has 0 aliphatic carbocycles. The van der Waals surface area contributed by atoms with Crippen LogP contribution in [0.1, 0.15) is 28.1 Å². The number of hydrogen-bond acceptors (Lipinski definition) is 5. The molecule has 7 heteroatoms. The van der Waals surface area contributed by atoms with Crippen LogP contribution >= 0.6 is 22.7 Å². The van der Waals surface area contributed by atoms with Gasteiger partial charge in [-0.1, -0.05) is 23.5 Å². The summed E-state index contributed by atoms with van der Waals surface area (Å²) in [6.45, 7) is 3.28. The van der Waals surface area contributed by atoms with Crippen LogP contribution in [0.25, 0.3) is 10.2 Å². The van der Waals surface area contributed by atoms with E-state index in [1.807, 2.05) is 41.5 Å². The first kappa shape index (κ1) is 17.2. The number of carbonyl (C=O) groups is 2. The van der Waals surface area contributed by atoms with Crippen LogP contribution < -0.4 is 5.32 Å². The van der Waals surface area contributed by atoms with Gasteiger partial charge < -0.3 is 10.2 Å². The number of rotatable bonds is 3. The van der Waals surface area contributed by atoms with Gasteiger partial charge in [-0.3, -0.25) is 9.59 Å². The molecule has 134 valence electrons. The maximum Gasteiger partial charge on any atom is 0.263 e. The van der Waals surface area contributed by atoms with Gasteiger partial charge in [-0.25, -0.2) is 4.98 Å². The lowest BCUT2D eigenvalue weighted by atomic mass is 9.96. The molecule has 26 heavy (non-hydrogen) atoms. The van der Waals surface area contributed by atoms with E-state index in [4.69, 9.17) is 0 Å². The number of amides is 2. The number of carbonyl (C=O) groups excluding carboxylic acids is 2. The van der Waals surface area contributed by atoms with Crippen molar-refractivity contribution in [2.24, 2.45) is 5.92 Å². The monoisotopic (exact) mass is 385 g/mol. The lowest BCUT2D eigenvalue weighted by Gasteiger charge is -2.30. The van der Waals surface area contributed by atoms with E-state index in [1.165, 1.54) is 28.2 Å². The molecule has 0 radical (unpaired) electrons.